The molecular formula is C19H21FO6. The van der Waals surface area contributed by atoms with Crippen LogP contribution in [0.3, 0.4) is 0 Å². The monoisotopic (exact) mass is 364 g/mol. The second-order valence-electron chi connectivity index (χ2n) is 5.99. The molecule has 0 amide bonds. The van der Waals surface area contributed by atoms with E-state index in [4.69, 9.17) is 14.2 Å². The largest absolute Gasteiger partial charge is 0.508 e. The van der Waals surface area contributed by atoms with Gasteiger partial charge in [0.15, 0.2) is 0 Å². The Bertz CT molecular complexity index is 697. The van der Waals surface area contributed by atoms with Gasteiger partial charge in [-0.05, 0) is 62.4 Å². The molecule has 140 valence electrons. The van der Waals surface area contributed by atoms with Gasteiger partial charge in [0, 0.05) is 10.9 Å². The lowest BCUT2D eigenvalue weighted by Gasteiger charge is -2.21. The van der Waals surface area contributed by atoms with Gasteiger partial charge < -0.3 is 19.3 Å². The zero-order valence-electron chi connectivity index (χ0n) is 14.6. The van der Waals surface area contributed by atoms with E-state index < -0.39 is 11.6 Å². The van der Waals surface area contributed by atoms with Crippen molar-refractivity contribution in [1.82, 2.24) is 0 Å². The average molecular weight is 364 g/mol. The summed E-state index contributed by atoms with van der Waals surface area (Å²) in [7, 11) is 0. The molecule has 0 spiro atoms. The van der Waals surface area contributed by atoms with Gasteiger partial charge in [-0.2, -0.15) is 0 Å². The lowest BCUT2D eigenvalue weighted by molar-refractivity contribution is -0.199. The Morgan fingerprint density at radius 2 is 1.38 bits per heavy atom. The molecule has 6 nitrogen and oxygen atoms in total. The Labute approximate surface area is 151 Å². The highest BCUT2D eigenvalue weighted by molar-refractivity contribution is 5.78. The second-order valence-corrected chi connectivity index (χ2v) is 5.99. The van der Waals surface area contributed by atoms with Crippen molar-refractivity contribution in [1.29, 1.82) is 0 Å². The van der Waals surface area contributed by atoms with E-state index in [9.17, 15) is 14.4 Å². The summed E-state index contributed by atoms with van der Waals surface area (Å²) in [5, 5.41) is 9.19. The lowest BCUT2D eigenvalue weighted by Crippen LogP contribution is -2.38. The standard InChI is InChI=1S/C19H21FO6/c1-19(2,18(22)26-20)25-17-10-8-16(9-11-17)24-13-3-12-23-15-6-4-14(21)5-7-15/h4-11,21H,3,12-13H2,1-2H3. The fraction of sp³-hybridized carbons (Fsp3) is 0.316. The van der Waals surface area contributed by atoms with Crippen molar-refractivity contribution in [3.8, 4) is 23.0 Å². The topological polar surface area (TPSA) is 74.2 Å². The third-order valence-electron chi connectivity index (χ3n) is 3.42. The van der Waals surface area contributed by atoms with Crippen LogP contribution < -0.4 is 14.2 Å². The van der Waals surface area contributed by atoms with Crippen LogP contribution in [0.15, 0.2) is 48.5 Å². The van der Waals surface area contributed by atoms with Gasteiger partial charge in [0.25, 0.3) is 0 Å². The van der Waals surface area contributed by atoms with Crippen LogP contribution >= 0.6 is 0 Å². The van der Waals surface area contributed by atoms with Gasteiger partial charge in [-0.25, -0.2) is 4.79 Å². The van der Waals surface area contributed by atoms with Crippen molar-refractivity contribution in [2.45, 2.75) is 25.9 Å². The highest BCUT2D eigenvalue weighted by Crippen LogP contribution is 2.23. The van der Waals surface area contributed by atoms with Gasteiger partial charge in [0.1, 0.15) is 23.0 Å². The smallest absolute Gasteiger partial charge is 0.391 e. The van der Waals surface area contributed by atoms with Gasteiger partial charge in [0.2, 0.25) is 5.60 Å². The number of phenolic OH excluding ortho intramolecular Hbond substituents is 1. The number of halogens is 1. The second kappa shape index (κ2) is 8.94. The highest BCUT2D eigenvalue weighted by Gasteiger charge is 2.33. The van der Waals surface area contributed by atoms with Crippen LogP contribution in [0.25, 0.3) is 0 Å². The van der Waals surface area contributed by atoms with E-state index in [1.807, 2.05) is 0 Å². The number of carbonyl (C=O) groups is 1. The fourth-order valence-electron chi connectivity index (χ4n) is 2.01. The molecule has 7 heteroatoms. The molecule has 0 radical (unpaired) electrons. The Morgan fingerprint density at radius 1 is 0.923 bits per heavy atom. The molecule has 0 heterocycles. The van der Waals surface area contributed by atoms with E-state index in [0.717, 1.165) is 0 Å². The van der Waals surface area contributed by atoms with Crippen LogP contribution in [0.5, 0.6) is 23.0 Å². The number of phenols is 1. The number of hydrogen-bond acceptors (Lipinski definition) is 6. The minimum Gasteiger partial charge on any atom is -0.508 e. The summed E-state index contributed by atoms with van der Waals surface area (Å²) in [5.41, 5.74) is -1.43. The molecule has 26 heavy (non-hydrogen) atoms. The number of ether oxygens (including phenoxy) is 3. The lowest BCUT2D eigenvalue weighted by atomic mass is 10.1. The number of benzene rings is 2. The van der Waals surface area contributed by atoms with Crippen molar-refractivity contribution in [2.75, 3.05) is 13.2 Å². The summed E-state index contributed by atoms with van der Waals surface area (Å²) in [6.07, 6.45) is 0.675. The minimum absolute atomic E-state index is 0.193. The molecule has 2 rings (SSSR count). The van der Waals surface area contributed by atoms with Crippen LogP contribution in [0.2, 0.25) is 0 Å². The predicted molar refractivity (Wildman–Crippen MR) is 92.1 cm³/mol. The predicted octanol–water partition coefficient (Wildman–Crippen LogP) is 3.83. The van der Waals surface area contributed by atoms with E-state index >= 15 is 0 Å². The summed E-state index contributed by atoms with van der Waals surface area (Å²) in [6, 6.07) is 13.1. The van der Waals surface area contributed by atoms with Gasteiger partial charge >= 0.3 is 5.97 Å². The van der Waals surface area contributed by atoms with Crippen LogP contribution in [-0.4, -0.2) is 29.9 Å². The fourth-order valence-corrected chi connectivity index (χ4v) is 2.01. The third-order valence-corrected chi connectivity index (χ3v) is 3.42. The average Bonchev–Trinajstić information content (AvgIpc) is 2.63. The zero-order valence-corrected chi connectivity index (χ0v) is 14.6. The van der Waals surface area contributed by atoms with Gasteiger partial charge in [-0.15, -0.1) is 0 Å². The Kier molecular flexibility index (Phi) is 6.66. The van der Waals surface area contributed by atoms with Gasteiger partial charge in [-0.1, -0.05) is 0 Å². The number of rotatable bonds is 9. The minimum atomic E-state index is -1.43. The van der Waals surface area contributed by atoms with E-state index in [0.29, 0.717) is 36.9 Å². The molecule has 0 saturated heterocycles. The molecule has 2 aromatic rings. The molecule has 0 unspecified atom stereocenters. The van der Waals surface area contributed by atoms with Crippen molar-refractivity contribution in [2.24, 2.45) is 0 Å². The Morgan fingerprint density at radius 3 is 1.88 bits per heavy atom. The first kappa shape index (κ1) is 19.4. The van der Waals surface area contributed by atoms with Gasteiger partial charge in [0.05, 0.1) is 13.2 Å². The quantitative estimate of drug-likeness (QED) is 0.682. The molecule has 1 N–H and O–H groups in total. The molecule has 0 aliphatic heterocycles. The van der Waals surface area contributed by atoms with Gasteiger partial charge in [-0.3, -0.25) is 4.94 Å². The first-order chi connectivity index (χ1) is 12.4. The Hall–Kier alpha value is -2.96. The molecule has 0 aromatic heterocycles. The summed E-state index contributed by atoms with van der Waals surface area (Å²) in [6.45, 7) is 3.75. The molecule has 0 aliphatic carbocycles. The maximum Gasteiger partial charge on any atom is 0.391 e. The molecule has 0 saturated carbocycles. The van der Waals surface area contributed by atoms with Crippen molar-refractivity contribution in [3.63, 3.8) is 0 Å². The molecule has 2 aromatic carbocycles. The molecule has 0 atom stereocenters. The van der Waals surface area contributed by atoms with E-state index in [1.165, 1.54) is 13.8 Å². The zero-order chi connectivity index (χ0) is 19.0. The first-order valence-corrected chi connectivity index (χ1v) is 8.07. The molecule has 0 aliphatic rings. The maximum atomic E-state index is 12.0. The molecular weight excluding hydrogens is 343 g/mol. The normalized spacial score (nSPS) is 10.9. The number of aromatic hydroxyl groups is 1. The summed E-state index contributed by atoms with van der Waals surface area (Å²) >= 11 is 0. The van der Waals surface area contributed by atoms with Crippen LogP contribution in [0.1, 0.15) is 20.3 Å². The van der Waals surface area contributed by atoms with E-state index in [1.54, 1.807) is 48.5 Å². The van der Waals surface area contributed by atoms with Crippen LogP contribution in [0, 0.1) is 0 Å². The summed E-state index contributed by atoms with van der Waals surface area (Å²) in [4.78, 5) is 14.5. The highest BCUT2D eigenvalue weighted by atomic mass is 19.3. The van der Waals surface area contributed by atoms with Crippen molar-refractivity contribution < 1.29 is 33.6 Å². The van der Waals surface area contributed by atoms with Crippen molar-refractivity contribution in [3.05, 3.63) is 48.5 Å². The Balaban J connectivity index is 1.72. The van der Waals surface area contributed by atoms with E-state index in [2.05, 4.69) is 4.94 Å². The number of carbonyl (C=O) groups excluding carboxylic acids is 1. The number of hydrogen-bond donors (Lipinski definition) is 1. The van der Waals surface area contributed by atoms with Crippen LogP contribution in [-0.2, 0) is 9.74 Å². The summed E-state index contributed by atoms with van der Waals surface area (Å²) in [5.74, 6) is 0.791. The third kappa shape index (κ3) is 5.84. The summed E-state index contributed by atoms with van der Waals surface area (Å²) < 4.78 is 28.5. The maximum absolute atomic E-state index is 12.0. The van der Waals surface area contributed by atoms with E-state index in [-0.39, 0.29) is 5.75 Å². The van der Waals surface area contributed by atoms with Crippen LogP contribution in [0.4, 0.5) is 4.53 Å². The molecule has 0 fully saturated rings. The molecule has 0 bridgehead atoms. The SMILES string of the molecule is CC(C)(Oc1ccc(OCCCOc2ccc(O)cc2)cc1)C(=O)OF. The van der Waals surface area contributed by atoms with Crippen molar-refractivity contribution >= 4 is 5.97 Å². The first-order valence-electron chi connectivity index (χ1n) is 8.07.